The Labute approximate surface area is 129 Å². The first-order valence-electron chi connectivity index (χ1n) is 7.64. The smallest absolute Gasteiger partial charge is 0.253 e. The first kappa shape index (κ1) is 14.7. The highest BCUT2D eigenvalue weighted by molar-refractivity contribution is 5.94. The van der Waals surface area contributed by atoms with Gasteiger partial charge in [-0.25, -0.2) is 9.97 Å². The van der Waals surface area contributed by atoms with Crippen LogP contribution in [-0.2, 0) is 0 Å². The number of nitrogens with zero attached hydrogens (tertiary/aromatic N) is 3. The zero-order chi connectivity index (χ0) is 15.4. The molecule has 116 valence electrons. The third-order valence-corrected chi connectivity index (χ3v) is 4.24. The van der Waals surface area contributed by atoms with Crippen LogP contribution in [0, 0.1) is 5.92 Å². The van der Waals surface area contributed by atoms with E-state index >= 15 is 0 Å². The zero-order valence-electron chi connectivity index (χ0n) is 12.4. The van der Waals surface area contributed by atoms with Crippen molar-refractivity contribution in [3.63, 3.8) is 0 Å². The number of hydrogen-bond donors (Lipinski definition) is 2. The van der Waals surface area contributed by atoms with Crippen molar-refractivity contribution in [2.45, 2.75) is 31.7 Å². The molecule has 22 heavy (non-hydrogen) atoms. The molecular weight excluding hydrogens is 280 g/mol. The fraction of sp³-hybridized carbons (Fsp3) is 0.438. The maximum absolute atomic E-state index is 12.3. The number of carbonyl (C=O) groups is 1. The largest absolute Gasteiger partial charge is 0.396 e. The second kappa shape index (κ2) is 6.70. The molecule has 2 aromatic rings. The predicted molar refractivity (Wildman–Crippen MR) is 81.7 cm³/mol. The lowest BCUT2D eigenvalue weighted by Gasteiger charge is -2.30. The fourth-order valence-electron chi connectivity index (χ4n) is 2.94. The molecule has 3 rings (SSSR count). The molecular formula is C16H20N4O2. The first-order chi connectivity index (χ1) is 10.8. The van der Waals surface area contributed by atoms with Gasteiger partial charge in [0.25, 0.3) is 5.91 Å². The van der Waals surface area contributed by atoms with Gasteiger partial charge >= 0.3 is 0 Å². The molecule has 6 nitrogen and oxygen atoms in total. The van der Waals surface area contributed by atoms with E-state index < -0.39 is 0 Å². The molecule has 0 radical (unpaired) electrons. The number of amides is 1. The van der Waals surface area contributed by atoms with E-state index in [9.17, 15) is 9.90 Å². The highest BCUT2D eigenvalue weighted by Crippen LogP contribution is 2.24. The molecule has 0 aliphatic heterocycles. The number of aliphatic hydroxyl groups is 1. The van der Waals surface area contributed by atoms with Crippen molar-refractivity contribution in [1.29, 1.82) is 0 Å². The van der Waals surface area contributed by atoms with Crippen LogP contribution in [-0.4, -0.2) is 38.2 Å². The quantitative estimate of drug-likeness (QED) is 0.898. The fourth-order valence-corrected chi connectivity index (χ4v) is 2.94. The summed E-state index contributed by atoms with van der Waals surface area (Å²) in [6.07, 6.45) is 10.8. The first-order valence-corrected chi connectivity index (χ1v) is 7.64. The minimum Gasteiger partial charge on any atom is -0.396 e. The summed E-state index contributed by atoms with van der Waals surface area (Å²) in [5.41, 5.74) is 0.533. The van der Waals surface area contributed by atoms with E-state index in [0.717, 1.165) is 31.5 Å². The number of nitrogens with one attached hydrogen (secondary N) is 1. The van der Waals surface area contributed by atoms with Gasteiger partial charge < -0.3 is 10.4 Å². The van der Waals surface area contributed by atoms with Crippen LogP contribution in [0.4, 0.5) is 0 Å². The highest BCUT2D eigenvalue weighted by atomic mass is 16.3. The Kier molecular flexibility index (Phi) is 4.48. The molecule has 1 amide bonds. The summed E-state index contributed by atoms with van der Waals surface area (Å²) < 4.78 is 1.78. The van der Waals surface area contributed by atoms with E-state index in [0.29, 0.717) is 5.56 Å². The number of imidazole rings is 1. The van der Waals surface area contributed by atoms with Crippen LogP contribution in [0.15, 0.2) is 37.1 Å². The van der Waals surface area contributed by atoms with Gasteiger partial charge in [0.05, 0.1) is 5.56 Å². The van der Waals surface area contributed by atoms with Gasteiger partial charge in [-0.3, -0.25) is 9.36 Å². The lowest BCUT2D eigenvalue weighted by molar-refractivity contribution is 0.0872. The molecule has 0 bridgehead atoms. The van der Waals surface area contributed by atoms with Crippen LogP contribution >= 0.6 is 0 Å². The van der Waals surface area contributed by atoms with Crippen molar-refractivity contribution >= 4 is 5.91 Å². The average Bonchev–Trinajstić information content (AvgIpc) is 3.10. The van der Waals surface area contributed by atoms with Crippen LogP contribution in [0.5, 0.6) is 0 Å². The van der Waals surface area contributed by atoms with E-state index in [4.69, 9.17) is 0 Å². The topological polar surface area (TPSA) is 80.0 Å². The minimum atomic E-state index is -0.130. The van der Waals surface area contributed by atoms with Crippen LogP contribution < -0.4 is 5.32 Å². The Morgan fingerprint density at radius 1 is 1.36 bits per heavy atom. The van der Waals surface area contributed by atoms with Gasteiger partial charge in [-0.1, -0.05) is 12.8 Å². The van der Waals surface area contributed by atoms with Gasteiger partial charge in [0.1, 0.15) is 12.1 Å². The molecule has 2 aromatic heterocycles. The predicted octanol–water partition coefficient (Wildman–Crippen LogP) is 1.55. The molecule has 6 heteroatoms. The second-order valence-corrected chi connectivity index (χ2v) is 5.68. The van der Waals surface area contributed by atoms with Gasteiger partial charge in [-0.2, -0.15) is 0 Å². The lowest BCUT2D eigenvalue weighted by atomic mass is 9.85. The maximum atomic E-state index is 12.3. The maximum Gasteiger partial charge on any atom is 0.253 e. The molecule has 0 spiro atoms. The summed E-state index contributed by atoms with van der Waals surface area (Å²) in [4.78, 5) is 20.6. The van der Waals surface area contributed by atoms with E-state index in [2.05, 4.69) is 15.3 Å². The Morgan fingerprint density at radius 2 is 2.23 bits per heavy atom. The number of pyridine rings is 1. The van der Waals surface area contributed by atoms with Crippen LogP contribution in [0.3, 0.4) is 0 Å². The summed E-state index contributed by atoms with van der Waals surface area (Å²) in [6, 6.07) is 3.61. The van der Waals surface area contributed by atoms with E-state index in [1.165, 1.54) is 0 Å². The van der Waals surface area contributed by atoms with Gasteiger partial charge in [0.15, 0.2) is 0 Å². The van der Waals surface area contributed by atoms with Crippen molar-refractivity contribution in [2.75, 3.05) is 6.61 Å². The Morgan fingerprint density at radius 3 is 2.91 bits per heavy atom. The van der Waals surface area contributed by atoms with Crippen LogP contribution in [0.2, 0.25) is 0 Å². The molecule has 0 aromatic carbocycles. The van der Waals surface area contributed by atoms with Gasteiger partial charge in [0.2, 0.25) is 0 Å². The Hall–Kier alpha value is -2.21. The van der Waals surface area contributed by atoms with Crippen LogP contribution in [0.25, 0.3) is 5.82 Å². The van der Waals surface area contributed by atoms with E-state index in [1.54, 1.807) is 41.6 Å². The molecule has 1 aliphatic rings. The molecule has 0 saturated heterocycles. The molecule has 2 heterocycles. The van der Waals surface area contributed by atoms with Crippen molar-refractivity contribution in [1.82, 2.24) is 19.9 Å². The van der Waals surface area contributed by atoms with Gasteiger partial charge in [-0.15, -0.1) is 0 Å². The molecule has 1 aliphatic carbocycles. The van der Waals surface area contributed by atoms with Crippen molar-refractivity contribution < 1.29 is 9.90 Å². The summed E-state index contributed by atoms with van der Waals surface area (Å²) >= 11 is 0. The number of aromatic nitrogens is 3. The Balaban J connectivity index is 1.67. The molecule has 2 N–H and O–H groups in total. The average molecular weight is 300 g/mol. The molecule has 2 atom stereocenters. The summed E-state index contributed by atoms with van der Waals surface area (Å²) in [5, 5.41) is 12.4. The molecule has 1 fully saturated rings. The standard InChI is InChI=1S/C16H20N4O2/c21-10-13-3-1-2-4-14(13)19-16(22)12-5-6-15(18-9-12)20-8-7-17-11-20/h5-9,11,13-14,21H,1-4,10H2,(H,19,22). The van der Waals surface area contributed by atoms with Crippen molar-refractivity contribution in [3.8, 4) is 5.82 Å². The van der Waals surface area contributed by atoms with Crippen molar-refractivity contribution in [2.24, 2.45) is 5.92 Å². The third kappa shape index (κ3) is 3.17. The van der Waals surface area contributed by atoms with Gasteiger partial charge in [0, 0.05) is 37.2 Å². The monoisotopic (exact) mass is 300 g/mol. The lowest BCUT2D eigenvalue weighted by Crippen LogP contribution is -2.43. The van der Waals surface area contributed by atoms with Gasteiger partial charge in [-0.05, 0) is 25.0 Å². The number of aliphatic hydroxyl groups excluding tert-OH is 1. The summed E-state index contributed by atoms with van der Waals surface area (Å²) in [6.45, 7) is 0.128. The summed E-state index contributed by atoms with van der Waals surface area (Å²) in [5.74, 6) is 0.755. The molecule has 2 unspecified atom stereocenters. The summed E-state index contributed by atoms with van der Waals surface area (Å²) in [7, 11) is 0. The van der Waals surface area contributed by atoms with E-state index in [-0.39, 0.29) is 24.5 Å². The normalized spacial score (nSPS) is 21.5. The number of carbonyl (C=O) groups excluding carboxylic acids is 1. The Bertz CT molecular complexity index is 610. The van der Waals surface area contributed by atoms with E-state index in [1.807, 2.05) is 0 Å². The zero-order valence-corrected chi connectivity index (χ0v) is 12.4. The minimum absolute atomic E-state index is 0.0552. The SMILES string of the molecule is O=C(NC1CCCCC1CO)c1ccc(-n2ccnc2)nc1. The highest BCUT2D eigenvalue weighted by Gasteiger charge is 2.26. The van der Waals surface area contributed by atoms with Crippen LogP contribution in [0.1, 0.15) is 36.0 Å². The third-order valence-electron chi connectivity index (χ3n) is 4.24. The number of rotatable bonds is 4. The molecule has 1 saturated carbocycles. The second-order valence-electron chi connectivity index (χ2n) is 5.68. The van der Waals surface area contributed by atoms with Crippen molar-refractivity contribution in [3.05, 3.63) is 42.6 Å². The number of hydrogen-bond acceptors (Lipinski definition) is 4.